The van der Waals surface area contributed by atoms with E-state index in [1.165, 1.54) is 12.1 Å². The molecule has 1 aliphatic rings. The van der Waals surface area contributed by atoms with Crippen LogP contribution < -0.4 is 10.6 Å². The van der Waals surface area contributed by atoms with Crippen molar-refractivity contribution < 1.29 is 13.9 Å². The van der Waals surface area contributed by atoms with Gasteiger partial charge >= 0.3 is 0 Å². The first-order valence-electron chi connectivity index (χ1n) is 6.52. The molecular weight excluding hydrogens is 247 g/mol. The van der Waals surface area contributed by atoms with Gasteiger partial charge in [0, 0.05) is 24.9 Å². The normalized spacial score (nSPS) is 16.1. The molecule has 0 aliphatic carbocycles. The summed E-state index contributed by atoms with van der Waals surface area (Å²) in [5.41, 5.74) is 1.57. The Morgan fingerprint density at radius 3 is 2.89 bits per heavy atom. The fourth-order valence-corrected chi connectivity index (χ4v) is 2.08. The molecule has 1 aromatic carbocycles. The van der Waals surface area contributed by atoms with Gasteiger partial charge in [-0.3, -0.25) is 4.79 Å². The number of benzene rings is 1. The molecule has 5 heteroatoms. The first kappa shape index (κ1) is 13.8. The Kier molecular flexibility index (Phi) is 4.74. The molecule has 1 saturated heterocycles. The fraction of sp³-hybridized carbons (Fsp3) is 0.500. The van der Waals surface area contributed by atoms with Crippen LogP contribution in [0.1, 0.15) is 18.4 Å². The van der Waals surface area contributed by atoms with Crippen molar-refractivity contribution in [2.75, 3.05) is 25.1 Å². The quantitative estimate of drug-likeness (QED) is 0.874. The summed E-state index contributed by atoms with van der Waals surface area (Å²) >= 11 is 0. The largest absolute Gasteiger partial charge is 0.381 e. The third-order valence-electron chi connectivity index (χ3n) is 3.23. The first-order chi connectivity index (χ1) is 9.15. The minimum absolute atomic E-state index is 0.0736. The van der Waals surface area contributed by atoms with Crippen LogP contribution in [0, 0.1) is 12.7 Å². The van der Waals surface area contributed by atoms with Crippen LogP contribution in [0.3, 0.4) is 0 Å². The zero-order valence-electron chi connectivity index (χ0n) is 11.0. The van der Waals surface area contributed by atoms with Crippen LogP contribution in [-0.2, 0) is 9.53 Å². The van der Waals surface area contributed by atoms with Gasteiger partial charge in [-0.15, -0.1) is 0 Å². The van der Waals surface area contributed by atoms with E-state index in [2.05, 4.69) is 10.6 Å². The molecule has 0 spiro atoms. The average Bonchev–Trinajstić information content (AvgIpc) is 2.41. The van der Waals surface area contributed by atoms with Crippen molar-refractivity contribution in [3.63, 3.8) is 0 Å². The van der Waals surface area contributed by atoms with Crippen molar-refractivity contribution in [1.82, 2.24) is 5.32 Å². The van der Waals surface area contributed by atoms with Crippen LogP contribution in [0.15, 0.2) is 18.2 Å². The fourth-order valence-electron chi connectivity index (χ4n) is 2.08. The topological polar surface area (TPSA) is 50.4 Å². The lowest BCUT2D eigenvalue weighted by atomic mass is 10.1. The number of carbonyl (C=O) groups excluding carboxylic acids is 1. The lowest BCUT2D eigenvalue weighted by molar-refractivity contribution is -0.120. The number of aryl methyl sites for hydroxylation is 1. The molecule has 1 aromatic rings. The number of amides is 1. The van der Waals surface area contributed by atoms with Crippen LogP contribution in [-0.4, -0.2) is 31.7 Å². The molecule has 2 N–H and O–H groups in total. The molecule has 0 unspecified atom stereocenters. The second-order valence-corrected chi connectivity index (χ2v) is 4.77. The number of halogens is 1. The van der Waals surface area contributed by atoms with E-state index in [1.807, 2.05) is 6.92 Å². The predicted molar refractivity (Wildman–Crippen MR) is 71.6 cm³/mol. The summed E-state index contributed by atoms with van der Waals surface area (Å²) in [5.74, 6) is -0.381. The van der Waals surface area contributed by atoms with Crippen LogP contribution >= 0.6 is 0 Å². The van der Waals surface area contributed by atoms with E-state index in [4.69, 9.17) is 4.74 Å². The lowest BCUT2D eigenvalue weighted by Gasteiger charge is -2.23. The summed E-state index contributed by atoms with van der Waals surface area (Å²) in [6.07, 6.45) is 1.70. The summed E-state index contributed by atoms with van der Waals surface area (Å²) in [7, 11) is 0. The molecule has 4 nitrogen and oxygen atoms in total. The maximum Gasteiger partial charge on any atom is 0.239 e. The number of anilines is 1. The summed E-state index contributed by atoms with van der Waals surface area (Å²) in [5, 5.41) is 5.91. The zero-order valence-corrected chi connectivity index (χ0v) is 11.0. The van der Waals surface area contributed by atoms with Gasteiger partial charge in [-0.1, -0.05) is 6.07 Å². The van der Waals surface area contributed by atoms with Crippen molar-refractivity contribution in [3.05, 3.63) is 29.6 Å². The smallest absolute Gasteiger partial charge is 0.239 e. The van der Waals surface area contributed by atoms with Crippen molar-refractivity contribution in [2.45, 2.75) is 25.8 Å². The molecule has 0 atom stereocenters. The van der Waals surface area contributed by atoms with E-state index in [-0.39, 0.29) is 24.3 Å². The van der Waals surface area contributed by atoms with E-state index in [0.29, 0.717) is 18.9 Å². The molecule has 19 heavy (non-hydrogen) atoms. The van der Waals surface area contributed by atoms with E-state index in [1.54, 1.807) is 6.07 Å². The second-order valence-electron chi connectivity index (χ2n) is 4.77. The number of nitrogens with one attached hydrogen (secondary N) is 2. The molecule has 0 radical (unpaired) electrons. The third-order valence-corrected chi connectivity index (χ3v) is 3.23. The van der Waals surface area contributed by atoms with E-state index in [0.717, 1.165) is 18.4 Å². The summed E-state index contributed by atoms with van der Waals surface area (Å²) < 4.78 is 18.3. The third kappa shape index (κ3) is 4.21. The molecule has 0 saturated carbocycles. The van der Waals surface area contributed by atoms with Crippen molar-refractivity contribution >= 4 is 11.6 Å². The number of hydrogen-bond donors (Lipinski definition) is 2. The van der Waals surface area contributed by atoms with Gasteiger partial charge in [-0.2, -0.15) is 0 Å². The van der Waals surface area contributed by atoms with Gasteiger partial charge in [0.1, 0.15) is 5.82 Å². The summed E-state index contributed by atoms with van der Waals surface area (Å²) in [6.45, 7) is 3.42. The Morgan fingerprint density at radius 2 is 2.16 bits per heavy atom. The van der Waals surface area contributed by atoms with Crippen molar-refractivity contribution in [2.24, 2.45) is 0 Å². The lowest BCUT2D eigenvalue weighted by Crippen LogP contribution is -2.41. The van der Waals surface area contributed by atoms with Crippen molar-refractivity contribution in [1.29, 1.82) is 0 Å². The summed E-state index contributed by atoms with van der Waals surface area (Å²) in [4.78, 5) is 11.8. The minimum Gasteiger partial charge on any atom is -0.381 e. The van der Waals surface area contributed by atoms with Gasteiger partial charge < -0.3 is 15.4 Å². The highest BCUT2D eigenvalue weighted by molar-refractivity contribution is 5.81. The molecule has 0 aromatic heterocycles. The second kappa shape index (κ2) is 6.52. The van der Waals surface area contributed by atoms with Gasteiger partial charge in [0.15, 0.2) is 0 Å². The molecule has 104 valence electrons. The average molecular weight is 266 g/mol. The van der Waals surface area contributed by atoms with Gasteiger partial charge in [-0.05, 0) is 37.5 Å². The number of ether oxygens (including phenoxy) is 1. The van der Waals surface area contributed by atoms with Gasteiger partial charge in [-0.25, -0.2) is 4.39 Å². The maximum atomic E-state index is 13.1. The molecule has 0 bridgehead atoms. The highest BCUT2D eigenvalue weighted by atomic mass is 19.1. The Hall–Kier alpha value is -1.62. The Bertz CT molecular complexity index is 445. The number of carbonyl (C=O) groups is 1. The maximum absolute atomic E-state index is 13.1. The molecule has 2 rings (SSSR count). The predicted octanol–water partition coefficient (Wildman–Crippen LogP) is 1.84. The molecule has 1 fully saturated rings. The Labute approximate surface area is 112 Å². The van der Waals surface area contributed by atoms with Crippen LogP contribution in [0.4, 0.5) is 10.1 Å². The van der Waals surface area contributed by atoms with Crippen molar-refractivity contribution in [3.8, 4) is 0 Å². The Morgan fingerprint density at radius 1 is 1.42 bits per heavy atom. The van der Waals surface area contributed by atoms with Gasteiger partial charge in [0.2, 0.25) is 5.91 Å². The van der Waals surface area contributed by atoms with Gasteiger partial charge in [0.05, 0.1) is 6.54 Å². The van der Waals surface area contributed by atoms with E-state index >= 15 is 0 Å². The molecule has 1 aliphatic heterocycles. The summed E-state index contributed by atoms with van der Waals surface area (Å²) in [6, 6.07) is 4.69. The minimum atomic E-state index is -0.307. The molecular formula is C14H19FN2O2. The Balaban J connectivity index is 1.81. The first-order valence-corrected chi connectivity index (χ1v) is 6.52. The zero-order chi connectivity index (χ0) is 13.7. The molecule has 1 heterocycles. The van der Waals surface area contributed by atoms with E-state index < -0.39 is 0 Å². The van der Waals surface area contributed by atoms with Gasteiger partial charge in [0.25, 0.3) is 0 Å². The van der Waals surface area contributed by atoms with Crippen LogP contribution in [0.5, 0.6) is 0 Å². The van der Waals surface area contributed by atoms with Crippen LogP contribution in [0.25, 0.3) is 0 Å². The van der Waals surface area contributed by atoms with E-state index in [9.17, 15) is 9.18 Å². The SMILES string of the molecule is Cc1ccc(F)cc1NCC(=O)NC1CCOCC1. The molecule has 1 amide bonds. The number of rotatable bonds is 4. The highest BCUT2D eigenvalue weighted by Gasteiger charge is 2.15. The number of hydrogen-bond acceptors (Lipinski definition) is 3. The monoisotopic (exact) mass is 266 g/mol. The highest BCUT2D eigenvalue weighted by Crippen LogP contribution is 2.15. The standard InChI is InChI=1S/C14H19FN2O2/c1-10-2-3-11(15)8-13(10)16-9-14(18)17-12-4-6-19-7-5-12/h2-3,8,12,16H,4-7,9H2,1H3,(H,17,18). The van der Waals surface area contributed by atoms with Crippen LogP contribution in [0.2, 0.25) is 0 Å².